The highest BCUT2D eigenvalue weighted by molar-refractivity contribution is 5.97. The van der Waals surface area contributed by atoms with Gasteiger partial charge in [-0.3, -0.25) is 9.59 Å². The van der Waals surface area contributed by atoms with Crippen LogP contribution in [0.4, 0.5) is 0 Å². The van der Waals surface area contributed by atoms with Crippen LogP contribution in [0.3, 0.4) is 0 Å². The fourth-order valence-electron chi connectivity index (χ4n) is 3.32. The zero-order chi connectivity index (χ0) is 22.1. The monoisotopic (exact) mass is 414 g/mol. The molecule has 0 radical (unpaired) electrons. The molecule has 1 N–H and O–H groups in total. The number of hydrogen-bond acceptors (Lipinski definition) is 6. The molecule has 0 amide bonds. The van der Waals surface area contributed by atoms with Gasteiger partial charge in [0, 0.05) is 23.5 Å². The van der Waals surface area contributed by atoms with Crippen LogP contribution in [-0.4, -0.2) is 43.7 Å². The van der Waals surface area contributed by atoms with E-state index in [0.717, 1.165) is 0 Å². The molecule has 0 aliphatic heterocycles. The normalized spacial score (nSPS) is 11.4. The Balaban J connectivity index is 2.53. The Bertz CT molecular complexity index is 904. The molecule has 30 heavy (non-hydrogen) atoms. The van der Waals surface area contributed by atoms with Gasteiger partial charge in [-0.15, -0.1) is 0 Å². The van der Waals surface area contributed by atoms with Crippen LogP contribution in [0.25, 0.3) is 0 Å². The van der Waals surface area contributed by atoms with E-state index >= 15 is 0 Å². The van der Waals surface area contributed by atoms with E-state index in [4.69, 9.17) is 14.2 Å². The maximum Gasteiger partial charge on any atom is 0.336 e. The lowest BCUT2D eigenvalue weighted by Gasteiger charge is -2.23. The van der Waals surface area contributed by atoms with Gasteiger partial charge in [-0.05, 0) is 24.6 Å². The Morgan fingerprint density at radius 1 is 0.967 bits per heavy atom. The highest BCUT2D eigenvalue weighted by Crippen LogP contribution is 2.41. The number of para-hydroxylation sites is 1. The lowest BCUT2D eigenvalue weighted by atomic mass is 9.83. The number of carboxylic acids is 1. The average Bonchev–Trinajstić information content (AvgIpc) is 2.75. The van der Waals surface area contributed by atoms with Crippen molar-refractivity contribution in [3.05, 3.63) is 59.2 Å². The molecule has 7 nitrogen and oxygen atoms in total. The molecule has 7 heteroatoms. The second-order valence-electron chi connectivity index (χ2n) is 6.66. The number of carbonyl (C=O) groups excluding carboxylic acids is 2. The number of esters is 1. The first kappa shape index (κ1) is 22.9. The zero-order valence-electron chi connectivity index (χ0n) is 17.3. The molecule has 0 bridgehead atoms. The first-order valence-corrected chi connectivity index (χ1v) is 9.63. The highest BCUT2D eigenvalue weighted by atomic mass is 16.5. The molecule has 0 aliphatic rings. The van der Waals surface area contributed by atoms with Crippen LogP contribution in [0.5, 0.6) is 11.5 Å². The number of Topliss-reactive ketones (excluding diaryl/α,β-unsaturated/α-hetero) is 1. The third kappa shape index (κ3) is 5.59. The minimum absolute atomic E-state index is 0.0200. The Morgan fingerprint density at radius 3 is 2.27 bits per heavy atom. The van der Waals surface area contributed by atoms with Crippen molar-refractivity contribution in [3.63, 3.8) is 0 Å². The van der Waals surface area contributed by atoms with Gasteiger partial charge in [-0.25, -0.2) is 4.79 Å². The summed E-state index contributed by atoms with van der Waals surface area (Å²) in [6, 6.07) is 11.7. The Hall–Kier alpha value is -3.35. The molecule has 160 valence electrons. The van der Waals surface area contributed by atoms with Crippen LogP contribution in [0.1, 0.15) is 53.6 Å². The van der Waals surface area contributed by atoms with Gasteiger partial charge < -0.3 is 19.3 Å². The molecule has 2 rings (SSSR count). The number of benzene rings is 2. The van der Waals surface area contributed by atoms with Gasteiger partial charge in [-0.2, -0.15) is 0 Å². The van der Waals surface area contributed by atoms with E-state index in [-0.39, 0.29) is 30.8 Å². The first-order valence-electron chi connectivity index (χ1n) is 9.63. The number of carboxylic acid groups (broad SMARTS) is 1. The lowest BCUT2D eigenvalue weighted by molar-refractivity contribution is -0.146. The van der Waals surface area contributed by atoms with E-state index < -0.39 is 17.9 Å². The van der Waals surface area contributed by atoms with Crippen molar-refractivity contribution in [3.8, 4) is 11.5 Å². The van der Waals surface area contributed by atoms with E-state index in [1.807, 2.05) is 6.92 Å². The summed E-state index contributed by atoms with van der Waals surface area (Å²) in [4.78, 5) is 36.5. The molecule has 2 aromatic carbocycles. The van der Waals surface area contributed by atoms with Gasteiger partial charge in [-0.1, -0.05) is 31.2 Å². The Morgan fingerprint density at radius 2 is 1.63 bits per heavy atom. The van der Waals surface area contributed by atoms with Crippen LogP contribution < -0.4 is 9.47 Å². The smallest absolute Gasteiger partial charge is 0.336 e. The minimum atomic E-state index is -1.14. The molecule has 0 saturated carbocycles. The molecule has 1 atom stereocenters. The summed E-state index contributed by atoms with van der Waals surface area (Å²) >= 11 is 0. The largest absolute Gasteiger partial charge is 0.496 e. The van der Waals surface area contributed by atoms with E-state index in [2.05, 4.69) is 0 Å². The average molecular weight is 414 g/mol. The predicted octanol–water partition coefficient (Wildman–Crippen LogP) is 3.84. The number of carbonyl (C=O) groups is 3. The number of aromatic carboxylic acids is 1. The van der Waals surface area contributed by atoms with E-state index in [0.29, 0.717) is 29.0 Å². The van der Waals surface area contributed by atoms with Crippen LogP contribution in [0.15, 0.2) is 42.5 Å². The standard InChI is InChI=1S/C23H26O7/c1-4-12-30-21(25)14-15(24)13-18(16-8-5-6-10-19(16)28-2)22-17(23(26)27)9-7-11-20(22)29-3/h5-11,18H,4,12-14H2,1-3H3,(H,26,27). The molecule has 0 heterocycles. The number of ether oxygens (including phenoxy) is 3. The first-order chi connectivity index (χ1) is 14.4. The van der Waals surface area contributed by atoms with Gasteiger partial charge >= 0.3 is 11.9 Å². The number of hydrogen-bond donors (Lipinski definition) is 1. The van der Waals surface area contributed by atoms with Crippen molar-refractivity contribution in [2.75, 3.05) is 20.8 Å². The van der Waals surface area contributed by atoms with Crippen molar-refractivity contribution >= 4 is 17.7 Å². The molecular weight excluding hydrogens is 388 g/mol. The number of rotatable bonds is 11. The highest BCUT2D eigenvalue weighted by Gasteiger charge is 2.29. The van der Waals surface area contributed by atoms with Crippen molar-refractivity contribution in [2.24, 2.45) is 0 Å². The summed E-state index contributed by atoms with van der Waals surface area (Å²) in [6.07, 6.45) is 0.165. The van der Waals surface area contributed by atoms with Gasteiger partial charge in [0.25, 0.3) is 0 Å². The SMILES string of the molecule is CCCOC(=O)CC(=O)CC(c1ccccc1OC)c1c(OC)cccc1C(=O)O. The lowest BCUT2D eigenvalue weighted by Crippen LogP contribution is -2.18. The zero-order valence-corrected chi connectivity index (χ0v) is 17.3. The van der Waals surface area contributed by atoms with Crippen LogP contribution in [0, 0.1) is 0 Å². The number of ketones is 1. The van der Waals surface area contributed by atoms with Crippen molar-refractivity contribution in [1.82, 2.24) is 0 Å². The van der Waals surface area contributed by atoms with Crippen LogP contribution in [0.2, 0.25) is 0 Å². The molecule has 0 spiro atoms. The molecule has 0 aliphatic carbocycles. The molecule has 0 aromatic heterocycles. The Labute approximate surface area is 175 Å². The van der Waals surface area contributed by atoms with Crippen LogP contribution >= 0.6 is 0 Å². The molecule has 0 saturated heterocycles. The third-order valence-electron chi connectivity index (χ3n) is 4.62. The topological polar surface area (TPSA) is 99.1 Å². The van der Waals surface area contributed by atoms with Gasteiger partial charge in [0.05, 0.1) is 26.4 Å². The summed E-state index contributed by atoms with van der Waals surface area (Å²) in [5.41, 5.74) is 1.00. The second-order valence-corrected chi connectivity index (χ2v) is 6.66. The van der Waals surface area contributed by atoms with Gasteiger partial charge in [0.1, 0.15) is 23.7 Å². The minimum Gasteiger partial charge on any atom is -0.496 e. The van der Waals surface area contributed by atoms with Crippen molar-refractivity contribution in [1.29, 1.82) is 0 Å². The maximum atomic E-state index is 12.7. The quantitative estimate of drug-likeness (QED) is 0.440. The predicted molar refractivity (Wildman–Crippen MR) is 110 cm³/mol. The molecule has 0 fully saturated rings. The van der Waals surface area contributed by atoms with E-state index in [1.165, 1.54) is 20.3 Å². The van der Waals surface area contributed by atoms with E-state index in [9.17, 15) is 19.5 Å². The molecule has 1 unspecified atom stereocenters. The summed E-state index contributed by atoms with van der Waals surface area (Å²) < 4.78 is 15.9. The fourth-order valence-corrected chi connectivity index (χ4v) is 3.32. The van der Waals surface area contributed by atoms with E-state index in [1.54, 1.807) is 36.4 Å². The summed E-state index contributed by atoms with van der Waals surface area (Å²) in [7, 11) is 2.94. The fraction of sp³-hybridized carbons (Fsp3) is 0.348. The number of methoxy groups -OCH3 is 2. The summed E-state index contributed by atoms with van der Waals surface area (Å²) in [6.45, 7) is 2.11. The molecular formula is C23H26O7. The third-order valence-corrected chi connectivity index (χ3v) is 4.62. The summed E-state index contributed by atoms with van der Waals surface area (Å²) in [5.74, 6) is -1.94. The second kappa shape index (κ2) is 11.0. The van der Waals surface area contributed by atoms with Crippen molar-refractivity contribution in [2.45, 2.75) is 32.1 Å². The summed E-state index contributed by atoms with van der Waals surface area (Å²) in [5, 5.41) is 9.74. The maximum absolute atomic E-state index is 12.7. The van der Waals surface area contributed by atoms with Crippen LogP contribution in [-0.2, 0) is 14.3 Å². The van der Waals surface area contributed by atoms with Gasteiger partial charge in [0.15, 0.2) is 0 Å². The Kier molecular flexibility index (Phi) is 8.41. The van der Waals surface area contributed by atoms with Crippen molar-refractivity contribution < 1.29 is 33.7 Å². The van der Waals surface area contributed by atoms with Gasteiger partial charge in [0.2, 0.25) is 0 Å². The molecule has 2 aromatic rings.